The lowest BCUT2D eigenvalue weighted by atomic mass is 10.1. The number of rotatable bonds is 7. The zero-order valence-electron chi connectivity index (χ0n) is 12.1. The quantitative estimate of drug-likeness (QED) is 0.741. The Labute approximate surface area is 107 Å². The highest BCUT2D eigenvalue weighted by Crippen LogP contribution is 2.12. The van der Waals surface area contributed by atoms with Gasteiger partial charge in [0.2, 0.25) is 0 Å². The van der Waals surface area contributed by atoms with Crippen LogP contribution in [-0.4, -0.2) is 49.8 Å². The fourth-order valence-corrected chi connectivity index (χ4v) is 2.32. The molecule has 1 aliphatic heterocycles. The number of likely N-dealkylation sites (tertiary alicyclic amines) is 1. The Balaban J connectivity index is 2.10. The third-order valence-corrected chi connectivity index (χ3v) is 3.75. The maximum absolute atomic E-state index is 5.42. The van der Waals surface area contributed by atoms with E-state index in [1.54, 1.807) is 7.11 Å². The maximum Gasteiger partial charge on any atom is 0.0634 e. The predicted octanol–water partition coefficient (Wildman–Crippen LogP) is 2.27. The number of hydrogen-bond donors (Lipinski definition) is 1. The van der Waals surface area contributed by atoms with Crippen molar-refractivity contribution in [3.63, 3.8) is 0 Å². The Morgan fingerprint density at radius 3 is 2.47 bits per heavy atom. The summed E-state index contributed by atoms with van der Waals surface area (Å²) in [5.41, 5.74) is -0.00214. The normalized spacial score (nSPS) is 20.5. The first-order chi connectivity index (χ1) is 8.03. The van der Waals surface area contributed by atoms with Gasteiger partial charge in [-0.15, -0.1) is 0 Å². The van der Waals surface area contributed by atoms with Gasteiger partial charge in [0, 0.05) is 19.7 Å². The van der Waals surface area contributed by atoms with E-state index in [-0.39, 0.29) is 5.60 Å². The highest BCUT2D eigenvalue weighted by atomic mass is 16.5. The molecule has 1 heterocycles. The van der Waals surface area contributed by atoms with Crippen molar-refractivity contribution in [2.45, 2.75) is 58.1 Å². The van der Waals surface area contributed by atoms with Gasteiger partial charge >= 0.3 is 0 Å². The molecular weight excluding hydrogens is 212 g/mol. The average Bonchev–Trinajstić information content (AvgIpc) is 2.30. The fraction of sp³-hybridized carbons (Fsp3) is 1.00. The zero-order chi connectivity index (χ0) is 12.7. The Morgan fingerprint density at radius 1 is 1.24 bits per heavy atom. The van der Waals surface area contributed by atoms with Crippen LogP contribution < -0.4 is 5.32 Å². The predicted molar refractivity (Wildman–Crippen MR) is 73.5 cm³/mol. The van der Waals surface area contributed by atoms with Crippen LogP contribution in [0.1, 0.15) is 46.5 Å². The number of nitrogens with zero attached hydrogens (tertiary/aromatic N) is 1. The molecule has 1 rings (SSSR count). The Kier molecular flexibility index (Phi) is 6.45. The molecule has 0 radical (unpaired) electrons. The van der Waals surface area contributed by atoms with E-state index in [9.17, 15) is 0 Å². The molecule has 0 saturated carbocycles. The SMILES string of the molecule is COC(C)(C)CCNC(C)CN1CCCCC1. The fourth-order valence-electron chi connectivity index (χ4n) is 2.32. The van der Waals surface area contributed by atoms with Crippen molar-refractivity contribution >= 4 is 0 Å². The first kappa shape index (κ1) is 14.9. The molecule has 1 aliphatic rings. The van der Waals surface area contributed by atoms with E-state index in [1.807, 2.05) is 0 Å². The minimum atomic E-state index is -0.00214. The van der Waals surface area contributed by atoms with Gasteiger partial charge in [-0.05, 0) is 59.7 Å². The van der Waals surface area contributed by atoms with Crippen LogP contribution in [-0.2, 0) is 4.74 Å². The van der Waals surface area contributed by atoms with Crippen LogP contribution >= 0.6 is 0 Å². The van der Waals surface area contributed by atoms with Gasteiger partial charge in [-0.1, -0.05) is 6.42 Å². The van der Waals surface area contributed by atoms with Crippen LogP contribution in [0.4, 0.5) is 0 Å². The summed E-state index contributed by atoms with van der Waals surface area (Å²) in [4.78, 5) is 2.59. The molecule has 0 amide bonds. The molecule has 1 fully saturated rings. The average molecular weight is 242 g/mol. The molecule has 0 spiro atoms. The second-order valence-corrected chi connectivity index (χ2v) is 5.93. The van der Waals surface area contributed by atoms with Crippen LogP contribution in [0.2, 0.25) is 0 Å². The van der Waals surface area contributed by atoms with Crippen LogP contribution in [0.5, 0.6) is 0 Å². The topological polar surface area (TPSA) is 24.5 Å². The molecular formula is C14H30N2O. The Bertz CT molecular complexity index is 200. The van der Waals surface area contributed by atoms with E-state index in [0.717, 1.165) is 13.0 Å². The van der Waals surface area contributed by atoms with Crippen LogP contribution in [0.25, 0.3) is 0 Å². The molecule has 3 heteroatoms. The lowest BCUT2D eigenvalue weighted by Crippen LogP contribution is -2.42. The molecule has 0 aromatic heterocycles. The molecule has 3 nitrogen and oxygen atoms in total. The van der Waals surface area contributed by atoms with Crippen molar-refractivity contribution in [2.75, 3.05) is 33.3 Å². The molecule has 0 aromatic carbocycles. The Hall–Kier alpha value is -0.120. The second kappa shape index (κ2) is 7.34. The van der Waals surface area contributed by atoms with E-state index >= 15 is 0 Å². The second-order valence-electron chi connectivity index (χ2n) is 5.93. The molecule has 17 heavy (non-hydrogen) atoms. The molecule has 1 N–H and O–H groups in total. The lowest BCUT2D eigenvalue weighted by molar-refractivity contribution is 0.0152. The lowest BCUT2D eigenvalue weighted by Gasteiger charge is -2.30. The van der Waals surface area contributed by atoms with Crippen molar-refractivity contribution in [3.8, 4) is 0 Å². The molecule has 1 saturated heterocycles. The number of ether oxygens (including phenoxy) is 1. The maximum atomic E-state index is 5.42. The van der Waals surface area contributed by atoms with Gasteiger partial charge < -0.3 is 15.0 Å². The van der Waals surface area contributed by atoms with Crippen LogP contribution in [0.15, 0.2) is 0 Å². The zero-order valence-corrected chi connectivity index (χ0v) is 12.1. The largest absolute Gasteiger partial charge is 0.379 e. The summed E-state index contributed by atoms with van der Waals surface area (Å²) >= 11 is 0. The van der Waals surface area contributed by atoms with E-state index in [0.29, 0.717) is 6.04 Å². The molecule has 0 bridgehead atoms. The summed E-state index contributed by atoms with van der Waals surface area (Å²) in [6, 6.07) is 0.584. The van der Waals surface area contributed by atoms with Crippen molar-refractivity contribution < 1.29 is 4.74 Å². The molecule has 102 valence electrons. The van der Waals surface area contributed by atoms with Crippen molar-refractivity contribution in [1.29, 1.82) is 0 Å². The number of piperidine rings is 1. The summed E-state index contributed by atoms with van der Waals surface area (Å²) in [7, 11) is 1.79. The summed E-state index contributed by atoms with van der Waals surface area (Å²) in [5, 5.41) is 3.60. The number of nitrogens with one attached hydrogen (secondary N) is 1. The smallest absolute Gasteiger partial charge is 0.0634 e. The summed E-state index contributed by atoms with van der Waals surface area (Å²) in [6.45, 7) is 11.4. The Morgan fingerprint density at radius 2 is 1.88 bits per heavy atom. The first-order valence-electron chi connectivity index (χ1n) is 7.04. The number of hydrogen-bond acceptors (Lipinski definition) is 3. The summed E-state index contributed by atoms with van der Waals surface area (Å²) in [5.74, 6) is 0. The minimum Gasteiger partial charge on any atom is -0.379 e. The van der Waals surface area contributed by atoms with E-state index in [4.69, 9.17) is 4.74 Å². The summed E-state index contributed by atoms with van der Waals surface area (Å²) < 4.78 is 5.42. The molecule has 1 unspecified atom stereocenters. The van der Waals surface area contributed by atoms with Crippen molar-refractivity contribution in [2.24, 2.45) is 0 Å². The van der Waals surface area contributed by atoms with Crippen molar-refractivity contribution in [1.82, 2.24) is 10.2 Å². The van der Waals surface area contributed by atoms with E-state index in [1.165, 1.54) is 38.9 Å². The van der Waals surface area contributed by atoms with Gasteiger partial charge in [0.05, 0.1) is 5.60 Å². The standard InChI is InChI=1S/C14H30N2O/c1-13(12-16-10-6-5-7-11-16)15-9-8-14(2,3)17-4/h13,15H,5-12H2,1-4H3. The van der Waals surface area contributed by atoms with Gasteiger partial charge in [0.15, 0.2) is 0 Å². The van der Waals surface area contributed by atoms with Gasteiger partial charge in [0.1, 0.15) is 0 Å². The highest BCUT2D eigenvalue weighted by molar-refractivity contribution is 4.74. The van der Waals surface area contributed by atoms with Crippen LogP contribution in [0.3, 0.4) is 0 Å². The third-order valence-electron chi connectivity index (χ3n) is 3.75. The number of methoxy groups -OCH3 is 1. The highest BCUT2D eigenvalue weighted by Gasteiger charge is 2.17. The minimum absolute atomic E-state index is 0.00214. The van der Waals surface area contributed by atoms with Crippen molar-refractivity contribution in [3.05, 3.63) is 0 Å². The monoisotopic (exact) mass is 242 g/mol. The van der Waals surface area contributed by atoms with E-state index in [2.05, 4.69) is 31.0 Å². The van der Waals surface area contributed by atoms with Gasteiger partial charge in [-0.25, -0.2) is 0 Å². The third kappa shape index (κ3) is 6.39. The van der Waals surface area contributed by atoms with Gasteiger partial charge in [-0.2, -0.15) is 0 Å². The van der Waals surface area contributed by atoms with Crippen LogP contribution in [0, 0.1) is 0 Å². The van der Waals surface area contributed by atoms with Gasteiger partial charge in [0.25, 0.3) is 0 Å². The first-order valence-corrected chi connectivity index (χ1v) is 7.04. The molecule has 0 aliphatic carbocycles. The summed E-state index contributed by atoms with van der Waals surface area (Å²) in [6.07, 6.45) is 5.24. The van der Waals surface area contributed by atoms with Gasteiger partial charge in [-0.3, -0.25) is 0 Å². The molecule has 0 aromatic rings. The molecule has 1 atom stereocenters. The van der Waals surface area contributed by atoms with E-state index < -0.39 is 0 Å².